The number of nitrogens with zero attached hydrogens (tertiary/aromatic N) is 1. The van der Waals surface area contributed by atoms with Crippen molar-refractivity contribution in [3.8, 4) is 0 Å². The molecule has 0 radical (unpaired) electrons. The number of rotatable bonds is 5. The lowest BCUT2D eigenvalue weighted by atomic mass is 10.4. The van der Waals surface area contributed by atoms with Crippen LogP contribution < -0.4 is 10.9 Å². The van der Waals surface area contributed by atoms with Crippen LogP contribution in [0.2, 0.25) is 0 Å². The summed E-state index contributed by atoms with van der Waals surface area (Å²) in [5, 5.41) is 0. The first-order valence-corrected chi connectivity index (χ1v) is 6.48. The van der Waals surface area contributed by atoms with E-state index in [1.165, 1.54) is 11.6 Å². The normalized spacial score (nSPS) is 13.4. The Hall–Kier alpha value is 0.230. The van der Waals surface area contributed by atoms with Crippen LogP contribution in [-0.2, 0) is 0 Å². The van der Waals surface area contributed by atoms with Crippen LogP contribution in [0.5, 0.6) is 0 Å². The zero-order chi connectivity index (χ0) is 10.6. The van der Waals surface area contributed by atoms with Crippen LogP contribution in [-0.4, -0.2) is 33.4 Å². The predicted octanol–water partition coefficient (Wildman–Crippen LogP) is 0.491. The molecule has 0 unspecified atom stereocenters. The highest BCUT2D eigenvalue weighted by Gasteiger charge is 2.37. The van der Waals surface area contributed by atoms with Crippen molar-refractivity contribution in [3.63, 3.8) is 0 Å². The smallest absolute Gasteiger partial charge is 0.201 e. The Morgan fingerprint density at radius 3 is 1.46 bits per heavy atom. The van der Waals surface area contributed by atoms with E-state index in [4.69, 9.17) is 0 Å². The summed E-state index contributed by atoms with van der Waals surface area (Å²) in [7, 11) is -3.02. The molecule has 0 rings (SSSR count). The Morgan fingerprint density at radius 1 is 1.00 bits per heavy atom. The monoisotopic (exact) mass is 210 g/mol. The molecule has 0 saturated carbocycles. The van der Waals surface area contributed by atoms with Gasteiger partial charge in [0.2, 0.25) is 0 Å². The van der Waals surface area contributed by atoms with Crippen molar-refractivity contribution >= 4 is 7.87 Å². The topological polar surface area (TPSA) is 67.8 Å². The minimum Gasteiger partial charge on any atom is -0.201 e. The van der Waals surface area contributed by atoms with E-state index < -0.39 is 7.87 Å². The fraction of sp³-hybridized carbons (Fsp3) is 1.00. The fourth-order valence-electron chi connectivity index (χ4n) is 0.745. The molecule has 0 heterocycles. The highest BCUT2D eigenvalue weighted by atomic mass is 31.2. The van der Waals surface area contributed by atoms with Gasteiger partial charge >= 0.3 is 7.87 Å². The molecule has 0 aromatic heterocycles. The summed E-state index contributed by atoms with van der Waals surface area (Å²) in [6, 6.07) is 0.315. The first kappa shape index (κ1) is 13.2. The SMILES string of the molecule is CC(C)NN(NC(C)C)[P+](C)(O)O. The summed E-state index contributed by atoms with van der Waals surface area (Å²) in [4.78, 5) is 20.2. The average Bonchev–Trinajstić information content (AvgIpc) is 1.81. The van der Waals surface area contributed by atoms with E-state index in [-0.39, 0.29) is 12.1 Å². The molecule has 0 aromatic carbocycles. The van der Waals surface area contributed by atoms with E-state index in [9.17, 15) is 9.79 Å². The molecule has 0 fully saturated rings. The summed E-state index contributed by atoms with van der Waals surface area (Å²) < 4.78 is 0. The standard InChI is InChI=1S/C7H21N3O2P/c1-6(2)8-10(9-7(3)4)13(5,11)12/h6-9,11-12H,1-5H3/q+1. The number of hydrogen-bond donors (Lipinski definition) is 4. The zero-order valence-corrected chi connectivity index (χ0v) is 9.84. The van der Waals surface area contributed by atoms with Crippen molar-refractivity contribution in [1.29, 1.82) is 0 Å². The highest BCUT2D eigenvalue weighted by Crippen LogP contribution is 2.46. The van der Waals surface area contributed by atoms with Gasteiger partial charge in [-0.25, -0.2) is 20.6 Å². The molecular formula is C7H21N3O2P+. The maximum absolute atomic E-state index is 9.44. The zero-order valence-electron chi connectivity index (χ0n) is 8.94. The first-order chi connectivity index (χ1) is 5.73. The van der Waals surface area contributed by atoms with Crippen molar-refractivity contribution in [2.75, 3.05) is 6.66 Å². The van der Waals surface area contributed by atoms with E-state index >= 15 is 0 Å². The fourth-order valence-corrected chi connectivity index (χ4v) is 1.64. The third kappa shape index (κ3) is 6.32. The number of hydrazine groups is 2. The van der Waals surface area contributed by atoms with Gasteiger partial charge in [0.25, 0.3) is 0 Å². The van der Waals surface area contributed by atoms with Crippen molar-refractivity contribution in [1.82, 2.24) is 15.7 Å². The van der Waals surface area contributed by atoms with Crippen LogP contribution in [0.1, 0.15) is 27.7 Å². The third-order valence-electron chi connectivity index (χ3n) is 1.14. The largest absolute Gasteiger partial charge is 0.369 e. The molecule has 6 heteroatoms. The van der Waals surface area contributed by atoms with Crippen molar-refractivity contribution in [3.05, 3.63) is 0 Å². The summed E-state index contributed by atoms with van der Waals surface area (Å²) in [6.45, 7) is 9.14. The van der Waals surface area contributed by atoms with Gasteiger partial charge in [-0.2, -0.15) is 0 Å². The van der Waals surface area contributed by atoms with Crippen LogP contribution in [0.3, 0.4) is 0 Å². The lowest BCUT2D eigenvalue weighted by Crippen LogP contribution is -2.52. The van der Waals surface area contributed by atoms with Crippen LogP contribution in [0, 0.1) is 0 Å². The van der Waals surface area contributed by atoms with Crippen LogP contribution in [0.4, 0.5) is 0 Å². The Balaban J connectivity index is 4.20. The molecular weight excluding hydrogens is 189 g/mol. The molecule has 4 N–H and O–H groups in total. The Morgan fingerprint density at radius 2 is 1.31 bits per heavy atom. The average molecular weight is 210 g/mol. The molecule has 0 aliphatic carbocycles. The molecule has 0 aliphatic heterocycles. The van der Waals surface area contributed by atoms with Crippen LogP contribution in [0.15, 0.2) is 0 Å². The summed E-state index contributed by atoms with van der Waals surface area (Å²) in [5.41, 5.74) is 5.85. The Bertz CT molecular complexity index is 137. The predicted molar refractivity (Wildman–Crippen MR) is 55.7 cm³/mol. The first-order valence-electron chi connectivity index (χ1n) is 4.38. The summed E-state index contributed by atoms with van der Waals surface area (Å²) in [6.07, 6.45) is 0. The van der Waals surface area contributed by atoms with E-state index in [0.29, 0.717) is 0 Å². The van der Waals surface area contributed by atoms with E-state index in [0.717, 1.165) is 0 Å². The number of nitrogens with one attached hydrogen (secondary N) is 2. The van der Waals surface area contributed by atoms with Gasteiger partial charge in [-0.15, -0.1) is 0 Å². The second kappa shape index (κ2) is 5.20. The van der Waals surface area contributed by atoms with Gasteiger partial charge < -0.3 is 0 Å². The molecule has 0 amide bonds. The summed E-state index contributed by atoms with van der Waals surface area (Å²) >= 11 is 0. The second-order valence-corrected chi connectivity index (χ2v) is 5.88. The van der Waals surface area contributed by atoms with Gasteiger partial charge in [-0.3, -0.25) is 0 Å². The van der Waals surface area contributed by atoms with Crippen molar-refractivity contribution in [2.45, 2.75) is 39.8 Å². The van der Waals surface area contributed by atoms with Gasteiger partial charge in [-0.05, 0) is 27.7 Å². The summed E-state index contributed by atoms with van der Waals surface area (Å²) in [5.74, 6) is 0. The molecule has 0 aliphatic rings. The minimum atomic E-state index is -3.02. The molecule has 0 bridgehead atoms. The minimum absolute atomic E-state index is 0.157. The van der Waals surface area contributed by atoms with Gasteiger partial charge in [0.1, 0.15) is 6.66 Å². The van der Waals surface area contributed by atoms with Crippen LogP contribution >= 0.6 is 7.87 Å². The lowest BCUT2D eigenvalue weighted by molar-refractivity contribution is 0.155. The van der Waals surface area contributed by atoms with Gasteiger partial charge in [0.05, 0.1) is 0 Å². The Kier molecular flexibility index (Phi) is 5.29. The van der Waals surface area contributed by atoms with Gasteiger partial charge in [-0.1, -0.05) is 0 Å². The maximum atomic E-state index is 9.44. The van der Waals surface area contributed by atoms with E-state index in [1.807, 2.05) is 27.7 Å². The number of hydrogen-bond acceptors (Lipinski definition) is 5. The molecule has 5 nitrogen and oxygen atoms in total. The van der Waals surface area contributed by atoms with E-state index in [1.54, 1.807) is 0 Å². The molecule has 13 heavy (non-hydrogen) atoms. The van der Waals surface area contributed by atoms with Crippen molar-refractivity contribution in [2.24, 2.45) is 0 Å². The van der Waals surface area contributed by atoms with Crippen molar-refractivity contribution < 1.29 is 9.79 Å². The second-order valence-electron chi connectivity index (χ2n) is 3.75. The quantitative estimate of drug-likeness (QED) is 0.393. The lowest BCUT2D eigenvalue weighted by Gasteiger charge is -2.27. The highest BCUT2D eigenvalue weighted by molar-refractivity contribution is 7.61. The van der Waals surface area contributed by atoms with E-state index in [2.05, 4.69) is 10.9 Å². The molecule has 80 valence electrons. The van der Waals surface area contributed by atoms with Crippen LogP contribution in [0.25, 0.3) is 0 Å². The van der Waals surface area contributed by atoms with Gasteiger partial charge in [0.15, 0.2) is 0 Å². The van der Waals surface area contributed by atoms with Gasteiger partial charge in [0, 0.05) is 17.0 Å². The molecule has 0 atom stereocenters. The molecule has 0 aromatic rings. The molecule has 0 saturated heterocycles. The molecule has 0 spiro atoms. The maximum Gasteiger partial charge on any atom is 0.369 e. The third-order valence-corrected chi connectivity index (χ3v) is 2.13. The Labute approximate surface area is 80.6 Å².